The van der Waals surface area contributed by atoms with Crippen molar-refractivity contribution >= 4 is 11.7 Å². The zero-order chi connectivity index (χ0) is 20.2. The van der Waals surface area contributed by atoms with Crippen molar-refractivity contribution in [3.05, 3.63) is 28.8 Å². The summed E-state index contributed by atoms with van der Waals surface area (Å²) in [6.45, 7) is 12.0. The van der Waals surface area contributed by atoms with Gasteiger partial charge in [0.05, 0.1) is 17.9 Å². The second kappa shape index (κ2) is 7.37. The molecule has 154 valence electrons. The first kappa shape index (κ1) is 19.8. The number of ether oxygens (including phenoxy) is 2. The third kappa shape index (κ3) is 3.24. The largest absolute Gasteiger partial charge is 0.435 e. The Hall–Kier alpha value is -1.55. The SMILES string of the molecule is Cc1ccc2c(c1C)N(C)C[C@H]1[C@H](O[C@@H]3C[C@H](C)CC[C@H]3C(C)C)OC(=O)[C@@H]21. The second-order valence-corrected chi connectivity index (χ2v) is 9.77. The monoisotopic (exact) mass is 385 g/mol. The van der Waals surface area contributed by atoms with Crippen LogP contribution >= 0.6 is 0 Å². The van der Waals surface area contributed by atoms with E-state index in [1.807, 2.05) is 0 Å². The molecule has 3 aliphatic rings. The minimum absolute atomic E-state index is 0.0668. The molecule has 2 heterocycles. The van der Waals surface area contributed by atoms with Crippen molar-refractivity contribution in [1.82, 2.24) is 0 Å². The molecular formula is C24H35NO3. The number of rotatable bonds is 3. The van der Waals surface area contributed by atoms with E-state index in [4.69, 9.17) is 9.47 Å². The Kier molecular flexibility index (Phi) is 5.20. The van der Waals surface area contributed by atoms with Crippen molar-refractivity contribution in [2.24, 2.45) is 23.7 Å². The zero-order valence-corrected chi connectivity index (χ0v) is 18.2. The van der Waals surface area contributed by atoms with Gasteiger partial charge in [0.15, 0.2) is 0 Å². The van der Waals surface area contributed by atoms with Crippen LogP contribution in [0.3, 0.4) is 0 Å². The molecule has 2 aliphatic heterocycles. The summed E-state index contributed by atoms with van der Waals surface area (Å²) in [4.78, 5) is 15.2. The van der Waals surface area contributed by atoms with Crippen molar-refractivity contribution in [3.8, 4) is 0 Å². The fourth-order valence-electron chi connectivity index (χ4n) is 5.72. The Balaban J connectivity index is 1.60. The van der Waals surface area contributed by atoms with E-state index in [0.29, 0.717) is 17.8 Å². The molecule has 28 heavy (non-hydrogen) atoms. The number of hydrogen-bond donors (Lipinski definition) is 0. The molecule has 0 bridgehead atoms. The van der Waals surface area contributed by atoms with Gasteiger partial charge < -0.3 is 14.4 Å². The molecule has 0 aromatic heterocycles. The van der Waals surface area contributed by atoms with Crippen LogP contribution < -0.4 is 4.90 Å². The quantitative estimate of drug-likeness (QED) is 0.700. The minimum atomic E-state index is -0.425. The highest BCUT2D eigenvalue weighted by Gasteiger charge is 2.51. The Morgan fingerprint density at radius 1 is 1.21 bits per heavy atom. The average Bonchev–Trinajstić information content (AvgIpc) is 2.93. The van der Waals surface area contributed by atoms with E-state index in [-0.39, 0.29) is 23.9 Å². The highest BCUT2D eigenvalue weighted by Crippen LogP contribution is 2.48. The molecule has 0 unspecified atom stereocenters. The fraction of sp³-hybridized carbons (Fsp3) is 0.708. The Bertz CT molecular complexity index is 758. The van der Waals surface area contributed by atoms with Crippen LogP contribution in [0.2, 0.25) is 0 Å². The maximum atomic E-state index is 12.9. The lowest BCUT2D eigenvalue weighted by Gasteiger charge is -2.40. The van der Waals surface area contributed by atoms with Crippen molar-refractivity contribution < 1.29 is 14.3 Å². The first-order valence-corrected chi connectivity index (χ1v) is 10.9. The third-order valence-electron chi connectivity index (χ3n) is 7.47. The summed E-state index contributed by atoms with van der Waals surface area (Å²) in [5.41, 5.74) is 4.83. The molecule has 0 amide bonds. The number of hydrogen-bond acceptors (Lipinski definition) is 4. The molecule has 1 aromatic rings. The van der Waals surface area contributed by atoms with Crippen molar-refractivity contribution in [2.45, 2.75) is 72.2 Å². The number of fused-ring (bicyclic) bond motifs is 3. The summed E-state index contributed by atoms with van der Waals surface area (Å²) in [5, 5.41) is 0. The van der Waals surface area contributed by atoms with Crippen molar-refractivity contribution in [2.75, 3.05) is 18.5 Å². The molecule has 0 radical (unpaired) electrons. The molecule has 2 fully saturated rings. The van der Waals surface area contributed by atoms with Crippen LogP contribution in [0.15, 0.2) is 12.1 Å². The van der Waals surface area contributed by atoms with Gasteiger partial charge in [0, 0.05) is 19.3 Å². The van der Waals surface area contributed by atoms with Crippen LogP contribution in [-0.4, -0.2) is 32.0 Å². The molecule has 1 aromatic carbocycles. The number of carbonyl (C=O) groups excluding carboxylic acids is 1. The maximum Gasteiger partial charge on any atom is 0.316 e. The third-order valence-corrected chi connectivity index (χ3v) is 7.47. The number of benzene rings is 1. The fourth-order valence-corrected chi connectivity index (χ4v) is 5.72. The molecule has 1 saturated carbocycles. The lowest BCUT2D eigenvalue weighted by atomic mass is 9.75. The summed E-state index contributed by atoms with van der Waals surface area (Å²) in [7, 11) is 2.13. The summed E-state index contributed by atoms with van der Waals surface area (Å²) in [6.07, 6.45) is 3.31. The minimum Gasteiger partial charge on any atom is -0.435 e. The number of nitrogens with zero attached hydrogens (tertiary/aromatic N) is 1. The number of cyclic esters (lactones) is 1. The predicted molar refractivity (Wildman–Crippen MR) is 112 cm³/mol. The summed E-state index contributed by atoms with van der Waals surface area (Å²) < 4.78 is 12.4. The Labute approximate surface area is 169 Å². The molecule has 4 heteroatoms. The van der Waals surface area contributed by atoms with Gasteiger partial charge in [0.25, 0.3) is 0 Å². The lowest BCUT2D eigenvalue weighted by molar-refractivity contribution is -0.195. The van der Waals surface area contributed by atoms with Gasteiger partial charge in [0.2, 0.25) is 6.29 Å². The number of carbonyl (C=O) groups is 1. The summed E-state index contributed by atoms with van der Waals surface area (Å²) in [5.74, 6) is 1.57. The van der Waals surface area contributed by atoms with Crippen LogP contribution in [0.1, 0.15) is 62.6 Å². The van der Waals surface area contributed by atoms with Crippen molar-refractivity contribution in [1.29, 1.82) is 0 Å². The smallest absolute Gasteiger partial charge is 0.316 e. The molecular weight excluding hydrogens is 350 g/mol. The Morgan fingerprint density at radius 2 is 1.96 bits per heavy atom. The van der Waals surface area contributed by atoms with Crippen LogP contribution in [0.25, 0.3) is 0 Å². The van der Waals surface area contributed by atoms with E-state index in [9.17, 15) is 4.79 Å². The number of aryl methyl sites for hydroxylation is 1. The first-order chi connectivity index (χ1) is 13.3. The highest BCUT2D eigenvalue weighted by atomic mass is 16.7. The van der Waals surface area contributed by atoms with E-state index in [1.54, 1.807) is 0 Å². The predicted octanol–water partition coefficient (Wildman–Crippen LogP) is 4.81. The van der Waals surface area contributed by atoms with E-state index < -0.39 is 6.29 Å². The molecule has 0 spiro atoms. The molecule has 6 atom stereocenters. The second-order valence-electron chi connectivity index (χ2n) is 9.77. The normalized spacial score (nSPS) is 35.0. The molecule has 1 aliphatic carbocycles. The zero-order valence-electron chi connectivity index (χ0n) is 18.2. The first-order valence-electron chi connectivity index (χ1n) is 10.9. The summed E-state index contributed by atoms with van der Waals surface area (Å²) in [6, 6.07) is 4.25. The van der Waals surface area contributed by atoms with E-state index in [0.717, 1.165) is 18.5 Å². The van der Waals surface area contributed by atoms with Gasteiger partial charge >= 0.3 is 5.97 Å². The molecule has 4 nitrogen and oxygen atoms in total. The number of anilines is 1. The van der Waals surface area contributed by atoms with Gasteiger partial charge in [-0.05, 0) is 61.1 Å². The molecule has 4 rings (SSSR count). The van der Waals surface area contributed by atoms with Gasteiger partial charge in [-0.3, -0.25) is 4.79 Å². The maximum absolute atomic E-state index is 12.9. The highest BCUT2D eigenvalue weighted by molar-refractivity contribution is 5.85. The van der Waals surface area contributed by atoms with Crippen LogP contribution in [0.5, 0.6) is 0 Å². The number of esters is 1. The summed E-state index contributed by atoms with van der Waals surface area (Å²) >= 11 is 0. The van der Waals surface area contributed by atoms with Crippen molar-refractivity contribution in [3.63, 3.8) is 0 Å². The average molecular weight is 386 g/mol. The lowest BCUT2D eigenvalue weighted by Crippen LogP contribution is -2.43. The van der Waals surface area contributed by atoms with E-state index in [2.05, 4.69) is 58.7 Å². The van der Waals surface area contributed by atoms with E-state index >= 15 is 0 Å². The standard InChI is InChI=1S/C24H35NO3/c1-13(2)17-9-7-14(3)11-20(17)27-24-19-12-25(6)22-16(5)15(4)8-10-18(22)21(19)23(26)28-24/h8,10,13-14,17,19-21,24H,7,9,11-12H2,1-6H3/t14-,17+,19-,20-,21+,24-/m1/s1. The molecule has 0 N–H and O–H groups in total. The van der Waals surface area contributed by atoms with Crippen LogP contribution in [0, 0.1) is 37.5 Å². The topological polar surface area (TPSA) is 38.8 Å². The van der Waals surface area contributed by atoms with Gasteiger partial charge in [-0.1, -0.05) is 39.3 Å². The van der Waals surface area contributed by atoms with Gasteiger partial charge in [0.1, 0.15) is 0 Å². The van der Waals surface area contributed by atoms with Crippen LogP contribution in [-0.2, 0) is 14.3 Å². The van der Waals surface area contributed by atoms with Gasteiger partial charge in [-0.25, -0.2) is 0 Å². The van der Waals surface area contributed by atoms with Gasteiger partial charge in [-0.2, -0.15) is 0 Å². The van der Waals surface area contributed by atoms with Gasteiger partial charge in [-0.15, -0.1) is 0 Å². The Morgan fingerprint density at radius 3 is 2.68 bits per heavy atom. The van der Waals surface area contributed by atoms with E-state index in [1.165, 1.54) is 29.7 Å². The van der Waals surface area contributed by atoms with Crippen LogP contribution in [0.4, 0.5) is 5.69 Å². The molecule has 1 saturated heterocycles.